The molecular formula is C20H25N7O2. The SMILES string of the molecule is Cc1cccc(Nc2ncnn3ccc(CN4CCC(N)C(OC(N)=O)C4)c23)c1. The summed E-state index contributed by atoms with van der Waals surface area (Å²) in [5.74, 6) is 0.740. The first kappa shape index (κ1) is 19.2. The molecule has 3 aromatic rings. The first-order valence-corrected chi connectivity index (χ1v) is 9.58. The number of nitrogens with zero attached hydrogens (tertiary/aromatic N) is 4. The van der Waals surface area contributed by atoms with Crippen LogP contribution in [0.2, 0.25) is 0 Å². The van der Waals surface area contributed by atoms with Crippen molar-refractivity contribution in [2.45, 2.75) is 32.0 Å². The van der Waals surface area contributed by atoms with Crippen LogP contribution in [0.25, 0.3) is 5.52 Å². The molecule has 2 unspecified atom stereocenters. The van der Waals surface area contributed by atoms with Crippen LogP contribution in [0.15, 0.2) is 42.9 Å². The van der Waals surface area contributed by atoms with Gasteiger partial charge in [-0.15, -0.1) is 0 Å². The largest absolute Gasteiger partial charge is 0.443 e. The second-order valence-electron chi connectivity index (χ2n) is 7.40. The monoisotopic (exact) mass is 395 g/mol. The van der Waals surface area contributed by atoms with Gasteiger partial charge in [-0.3, -0.25) is 4.90 Å². The van der Waals surface area contributed by atoms with Crippen molar-refractivity contribution in [3.63, 3.8) is 0 Å². The van der Waals surface area contributed by atoms with Gasteiger partial charge in [-0.05, 0) is 42.7 Å². The van der Waals surface area contributed by atoms with Crippen LogP contribution in [0.5, 0.6) is 0 Å². The average molecular weight is 395 g/mol. The fourth-order valence-electron chi connectivity index (χ4n) is 3.75. The Kier molecular flexibility index (Phi) is 5.32. The van der Waals surface area contributed by atoms with Gasteiger partial charge in [0.15, 0.2) is 5.82 Å². The number of rotatable bonds is 5. The van der Waals surface area contributed by atoms with Crippen molar-refractivity contribution in [2.24, 2.45) is 11.5 Å². The molecule has 5 N–H and O–H groups in total. The van der Waals surface area contributed by atoms with Crippen molar-refractivity contribution in [1.29, 1.82) is 0 Å². The molecule has 3 heterocycles. The number of hydrogen-bond acceptors (Lipinski definition) is 7. The lowest BCUT2D eigenvalue weighted by Crippen LogP contribution is -2.52. The van der Waals surface area contributed by atoms with Crippen LogP contribution in [-0.2, 0) is 11.3 Å². The topological polar surface area (TPSA) is 124 Å². The van der Waals surface area contributed by atoms with Crippen LogP contribution in [0, 0.1) is 6.92 Å². The van der Waals surface area contributed by atoms with Crippen molar-refractivity contribution >= 4 is 23.1 Å². The van der Waals surface area contributed by atoms with Crippen LogP contribution >= 0.6 is 0 Å². The minimum Gasteiger partial charge on any atom is -0.443 e. The number of carbonyl (C=O) groups excluding carboxylic acids is 1. The lowest BCUT2D eigenvalue weighted by atomic mass is 10.0. The second kappa shape index (κ2) is 8.06. The van der Waals surface area contributed by atoms with Crippen molar-refractivity contribution in [2.75, 3.05) is 18.4 Å². The molecule has 0 aliphatic carbocycles. The van der Waals surface area contributed by atoms with Gasteiger partial charge in [0.25, 0.3) is 0 Å². The summed E-state index contributed by atoms with van der Waals surface area (Å²) in [6, 6.07) is 9.96. The number of anilines is 2. The Bertz CT molecular complexity index is 1020. The molecule has 1 aliphatic heterocycles. The third-order valence-electron chi connectivity index (χ3n) is 5.17. The van der Waals surface area contributed by atoms with E-state index in [4.69, 9.17) is 16.2 Å². The van der Waals surface area contributed by atoms with Gasteiger partial charge in [0.2, 0.25) is 0 Å². The maximum atomic E-state index is 11.2. The fraction of sp³-hybridized carbons (Fsp3) is 0.350. The fourth-order valence-corrected chi connectivity index (χ4v) is 3.75. The highest BCUT2D eigenvalue weighted by Gasteiger charge is 2.29. The highest BCUT2D eigenvalue weighted by molar-refractivity contribution is 5.76. The lowest BCUT2D eigenvalue weighted by molar-refractivity contribution is 0.0313. The highest BCUT2D eigenvalue weighted by atomic mass is 16.6. The molecule has 4 rings (SSSR count). The Morgan fingerprint density at radius 2 is 2.24 bits per heavy atom. The van der Waals surface area contributed by atoms with Gasteiger partial charge in [0.1, 0.15) is 17.9 Å². The number of benzene rings is 1. The summed E-state index contributed by atoms with van der Waals surface area (Å²) in [7, 11) is 0. The Morgan fingerprint density at radius 1 is 1.38 bits per heavy atom. The van der Waals surface area contributed by atoms with E-state index >= 15 is 0 Å². The zero-order valence-electron chi connectivity index (χ0n) is 16.3. The lowest BCUT2D eigenvalue weighted by Gasteiger charge is -2.35. The summed E-state index contributed by atoms with van der Waals surface area (Å²) in [5.41, 5.74) is 15.4. The van der Waals surface area contributed by atoms with Crippen molar-refractivity contribution < 1.29 is 9.53 Å². The van der Waals surface area contributed by atoms with Crippen molar-refractivity contribution in [3.8, 4) is 0 Å². The number of amides is 1. The quantitative estimate of drug-likeness (QED) is 0.601. The molecular weight excluding hydrogens is 370 g/mol. The first-order chi connectivity index (χ1) is 14.0. The minimum atomic E-state index is -0.792. The van der Waals surface area contributed by atoms with Gasteiger partial charge >= 0.3 is 6.09 Å². The number of hydrogen-bond donors (Lipinski definition) is 3. The van der Waals surface area contributed by atoms with E-state index in [1.807, 2.05) is 28.9 Å². The number of primary amides is 1. The molecule has 1 saturated heterocycles. The van der Waals surface area contributed by atoms with Crippen LogP contribution in [0.1, 0.15) is 17.5 Å². The van der Waals surface area contributed by atoms with E-state index in [0.717, 1.165) is 35.6 Å². The molecule has 0 radical (unpaired) electrons. The molecule has 0 saturated carbocycles. The summed E-state index contributed by atoms with van der Waals surface area (Å²) >= 11 is 0. The summed E-state index contributed by atoms with van der Waals surface area (Å²) in [6.45, 7) is 4.06. The molecule has 2 aromatic heterocycles. The Hall–Kier alpha value is -3.17. The molecule has 1 aliphatic rings. The summed E-state index contributed by atoms with van der Waals surface area (Å²) < 4.78 is 7.00. The zero-order valence-corrected chi connectivity index (χ0v) is 16.3. The number of ether oxygens (including phenoxy) is 1. The predicted octanol–water partition coefficient (Wildman–Crippen LogP) is 1.78. The first-order valence-electron chi connectivity index (χ1n) is 9.58. The number of nitrogens with one attached hydrogen (secondary N) is 1. The van der Waals surface area contributed by atoms with Gasteiger partial charge < -0.3 is 21.5 Å². The second-order valence-corrected chi connectivity index (χ2v) is 7.40. The van der Waals surface area contributed by atoms with Crippen LogP contribution < -0.4 is 16.8 Å². The molecule has 152 valence electrons. The number of aryl methyl sites for hydroxylation is 1. The van der Waals surface area contributed by atoms with E-state index in [0.29, 0.717) is 13.1 Å². The number of aromatic nitrogens is 3. The van der Waals surface area contributed by atoms with E-state index < -0.39 is 12.2 Å². The van der Waals surface area contributed by atoms with Crippen molar-refractivity contribution in [3.05, 3.63) is 54.0 Å². The normalized spacial score (nSPS) is 19.9. The molecule has 1 amide bonds. The third kappa shape index (κ3) is 4.30. The average Bonchev–Trinajstić information content (AvgIpc) is 3.08. The smallest absolute Gasteiger partial charge is 0.404 e. The number of likely N-dealkylation sites (tertiary alicyclic amines) is 1. The Morgan fingerprint density at radius 3 is 3.03 bits per heavy atom. The Balaban J connectivity index is 1.57. The number of nitrogens with two attached hydrogens (primary N) is 2. The predicted molar refractivity (Wildman–Crippen MR) is 110 cm³/mol. The molecule has 9 nitrogen and oxygen atoms in total. The molecule has 1 aromatic carbocycles. The summed E-state index contributed by atoms with van der Waals surface area (Å²) in [5, 5.41) is 7.72. The van der Waals surface area contributed by atoms with E-state index in [9.17, 15) is 4.79 Å². The van der Waals surface area contributed by atoms with Gasteiger partial charge in [-0.25, -0.2) is 14.3 Å². The van der Waals surface area contributed by atoms with Crippen LogP contribution in [0.4, 0.5) is 16.3 Å². The van der Waals surface area contributed by atoms with Crippen LogP contribution in [0.3, 0.4) is 0 Å². The van der Waals surface area contributed by atoms with Gasteiger partial charge in [-0.1, -0.05) is 12.1 Å². The van der Waals surface area contributed by atoms with E-state index in [-0.39, 0.29) is 6.04 Å². The third-order valence-corrected chi connectivity index (χ3v) is 5.17. The summed E-state index contributed by atoms with van der Waals surface area (Å²) in [6.07, 6.45) is 2.98. The standard InChI is InChI=1S/C20H25N7O2/c1-13-3-2-4-15(9-13)25-19-18-14(5-8-27(18)24-12-23-19)10-26-7-6-16(21)17(11-26)29-20(22)28/h2-5,8-9,12,16-17H,6-7,10-11,21H2,1H3,(H2,22,28)(H,23,24,25). The summed E-state index contributed by atoms with van der Waals surface area (Å²) in [4.78, 5) is 17.8. The number of carbonyl (C=O) groups is 1. The number of piperidine rings is 1. The minimum absolute atomic E-state index is 0.202. The molecule has 1 fully saturated rings. The van der Waals surface area contributed by atoms with E-state index in [1.54, 1.807) is 0 Å². The Labute approximate surface area is 168 Å². The molecule has 0 bridgehead atoms. The van der Waals surface area contributed by atoms with Gasteiger partial charge in [0, 0.05) is 37.6 Å². The maximum Gasteiger partial charge on any atom is 0.404 e. The molecule has 2 atom stereocenters. The molecule has 0 spiro atoms. The zero-order chi connectivity index (χ0) is 20.4. The van der Waals surface area contributed by atoms with Crippen molar-refractivity contribution in [1.82, 2.24) is 19.5 Å². The van der Waals surface area contributed by atoms with Gasteiger partial charge in [0.05, 0.1) is 0 Å². The molecule has 9 heteroatoms. The van der Waals surface area contributed by atoms with Crippen LogP contribution in [-0.4, -0.2) is 50.8 Å². The number of fused-ring (bicyclic) bond motifs is 1. The molecule has 29 heavy (non-hydrogen) atoms. The van der Waals surface area contributed by atoms with E-state index in [1.165, 1.54) is 11.9 Å². The van der Waals surface area contributed by atoms with Gasteiger partial charge in [-0.2, -0.15) is 5.10 Å². The van der Waals surface area contributed by atoms with E-state index in [2.05, 4.69) is 39.4 Å². The highest BCUT2D eigenvalue weighted by Crippen LogP contribution is 2.25. The maximum absolute atomic E-state index is 11.2.